The molecule has 0 aromatic rings. The Kier molecular flexibility index (Phi) is 16.0. The number of esters is 1. The van der Waals surface area contributed by atoms with Crippen LogP contribution in [0.1, 0.15) is 112 Å². The molecule has 2 bridgehead atoms. The number of cyclic esters (lactones) is 1. The van der Waals surface area contributed by atoms with Gasteiger partial charge < -0.3 is 39.5 Å². The standard InChI is InChI=1S/C43H67NO11/c1-9-12-31-19-25(3)17-24(2)18-26(4)39-36(48)21-28(6)43(52,55-39)40(49)41(50)44-16-11-10-13-32(44)42(51)54-38(29(7)34(46)23-35(31)47)27(5)20-30-14-15-33(45)37(22-30)53-8/h9,19-20,24,26,28-34,36-39,45-46,48,52H,1,10-18,21-23H2,2-8H3/b25-19+,27-20+/t24?,26?,28-,29?,30+,31-,32+,33?,34+,36+,37-,38?,39-,43-/m1/s1. The van der Waals surface area contributed by atoms with Gasteiger partial charge in [0.2, 0.25) is 5.79 Å². The second-order valence-electron chi connectivity index (χ2n) is 17.3. The monoisotopic (exact) mass is 773 g/mol. The first kappa shape index (κ1) is 45.0. The highest BCUT2D eigenvalue weighted by molar-refractivity contribution is 6.39. The summed E-state index contributed by atoms with van der Waals surface area (Å²) in [5.74, 6) is -8.08. The Balaban J connectivity index is 1.75. The van der Waals surface area contributed by atoms with E-state index in [1.165, 1.54) is 0 Å². The number of Topliss-reactive ketones (excluding diaryl/α,β-unsaturated/α-hetero) is 2. The van der Waals surface area contributed by atoms with Crippen molar-refractivity contribution in [2.45, 2.75) is 161 Å². The molecule has 12 heteroatoms. The number of nitrogens with zero attached hydrogens (tertiary/aromatic N) is 1. The number of carbonyl (C=O) groups is 4. The maximum Gasteiger partial charge on any atom is 0.329 e. The summed E-state index contributed by atoms with van der Waals surface area (Å²) in [6, 6.07) is -1.14. The van der Waals surface area contributed by atoms with E-state index in [9.17, 15) is 39.6 Å². The Bertz CT molecular complexity index is 1440. The number of amides is 1. The van der Waals surface area contributed by atoms with Crippen LogP contribution in [0.3, 0.4) is 0 Å². The lowest BCUT2D eigenvalue weighted by Gasteiger charge is -2.46. The second-order valence-corrected chi connectivity index (χ2v) is 17.3. The zero-order valence-corrected chi connectivity index (χ0v) is 34.0. The van der Waals surface area contributed by atoms with E-state index in [4.69, 9.17) is 14.2 Å². The van der Waals surface area contributed by atoms with Crippen LogP contribution in [0.15, 0.2) is 36.0 Å². The van der Waals surface area contributed by atoms with E-state index < -0.39 is 77.8 Å². The molecule has 2 saturated heterocycles. The molecule has 1 amide bonds. The number of ketones is 2. The maximum absolute atomic E-state index is 14.2. The van der Waals surface area contributed by atoms with Crippen molar-refractivity contribution in [2.75, 3.05) is 13.7 Å². The lowest BCUT2D eigenvalue weighted by atomic mass is 9.79. The van der Waals surface area contributed by atoms with Gasteiger partial charge in [0, 0.05) is 37.8 Å². The number of methoxy groups -OCH3 is 1. The van der Waals surface area contributed by atoms with E-state index in [2.05, 4.69) is 6.58 Å². The summed E-state index contributed by atoms with van der Waals surface area (Å²) in [6.45, 7) is 14.9. The van der Waals surface area contributed by atoms with E-state index in [0.717, 1.165) is 10.5 Å². The van der Waals surface area contributed by atoms with Crippen LogP contribution in [0.25, 0.3) is 0 Å². The van der Waals surface area contributed by atoms with E-state index in [-0.39, 0.29) is 55.4 Å². The van der Waals surface area contributed by atoms with E-state index >= 15 is 0 Å². The third-order valence-corrected chi connectivity index (χ3v) is 12.6. The normalized spacial score (nSPS) is 42.0. The van der Waals surface area contributed by atoms with Gasteiger partial charge in [0.05, 0.1) is 30.5 Å². The van der Waals surface area contributed by atoms with Gasteiger partial charge in [-0.05, 0) is 101 Å². The number of ether oxygens (including phenoxy) is 3. The number of carbonyl (C=O) groups excluding carboxylic acids is 4. The molecular formula is C43H67NO11. The Morgan fingerprint density at radius 3 is 2.36 bits per heavy atom. The van der Waals surface area contributed by atoms with Crippen LogP contribution in [-0.4, -0.2) is 111 Å². The van der Waals surface area contributed by atoms with E-state index in [0.29, 0.717) is 56.9 Å². The summed E-state index contributed by atoms with van der Waals surface area (Å²) in [6.07, 6.45) is 5.07. The summed E-state index contributed by atoms with van der Waals surface area (Å²) >= 11 is 0. The molecular weight excluding hydrogens is 706 g/mol. The number of rotatable bonds is 5. The first-order chi connectivity index (χ1) is 25.9. The van der Waals surface area contributed by atoms with Gasteiger partial charge in [0.25, 0.3) is 11.7 Å². The van der Waals surface area contributed by atoms with Crippen LogP contribution in [0, 0.1) is 35.5 Å². The number of hydrogen-bond acceptors (Lipinski definition) is 11. The largest absolute Gasteiger partial charge is 0.456 e. The van der Waals surface area contributed by atoms with Crippen LogP contribution >= 0.6 is 0 Å². The van der Waals surface area contributed by atoms with Crippen LogP contribution in [0.2, 0.25) is 0 Å². The molecule has 3 fully saturated rings. The fraction of sp³-hybridized carbons (Fsp3) is 0.767. The van der Waals surface area contributed by atoms with E-state index in [1.807, 2.05) is 39.8 Å². The lowest BCUT2D eigenvalue weighted by molar-refractivity contribution is -0.292. The summed E-state index contributed by atoms with van der Waals surface area (Å²) < 4.78 is 17.8. The second kappa shape index (κ2) is 19.6. The molecule has 0 aromatic carbocycles. The molecule has 4 N–H and O–H groups in total. The molecule has 1 aliphatic carbocycles. The zero-order chi connectivity index (χ0) is 40.8. The highest BCUT2D eigenvalue weighted by atomic mass is 16.6. The van der Waals surface area contributed by atoms with Crippen molar-refractivity contribution in [2.24, 2.45) is 35.5 Å². The average Bonchev–Trinajstić information content (AvgIpc) is 3.14. The molecule has 4 aliphatic rings. The topological polar surface area (TPSA) is 180 Å². The Morgan fingerprint density at radius 1 is 0.982 bits per heavy atom. The number of hydrogen-bond donors (Lipinski definition) is 4. The minimum Gasteiger partial charge on any atom is -0.456 e. The van der Waals surface area contributed by atoms with Crippen molar-refractivity contribution in [3.05, 3.63) is 36.0 Å². The minimum absolute atomic E-state index is 0.00990. The fourth-order valence-electron chi connectivity index (χ4n) is 9.40. The fourth-order valence-corrected chi connectivity index (χ4v) is 9.40. The van der Waals surface area contributed by atoms with Crippen molar-refractivity contribution in [3.63, 3.8) is 0 Å². The third kappa shape index (κ3) is 10.8. The predicted molar refractivity (Wildman–Crippen MR) is 206 cm³/mol. The first-order valence-corrected chi connectivity index (χ1v) is 20.4. The maximum atomic E-state index is 14.2. The minimum atomic E-state index is -2.51. The molecule has 14 atom stereocenters. The quantitative estimate of drug-likeness (QED) is 0.174. The number of piperidine rings is 1. The summed E-state index contributed by atoms with van der Waals surface area (Å²) in [5, 5.41) is 45.0. The first-order valence-electron chi connectivity index (χ1n) is 20.4. The van der Waals surface area contributed by atoms with Crippen LogP contribution in [-0.2, 0) is 33.4 Å². The predicted octanol–water partition coefficient (Wildman–Crippen LogP) is 4.61. The van der Waals surface area contributed by atoms with Crippen molar-refractivity contribution in [3.8, 4) is 0 Å². The third-order valence-electron chi connectivity index (χ3n) is 12.6. The molecule has 12 nitrogen and oxygen atoms in total. The molecule has 0 aromatic heterocycles. The highest BCUT2D eigenvalue weighted by Crippen LogP contribution is 2.39. The summed E-state index contributed by atoms with van der Waals surface area (Å²) in [7, 11) is 1.56. The van der Waals surface area contributed by atoms with Gasteiger partial charge in [-0.3, -0.25) is 14.4 Å². The van der Waals surface area contributed by atoms with Crippen LogP contribution < -0.4 is 0 Å². The molecule has 0 spiro atoms. The van der Waals surface area contributed by atoms with Crippen LogP contribution in [0.5, 0.6) is 0 Å². The van der Waals surface area contributed by atoms with Crippen molar-refractivity contribution >= 4 is 23.4 Å². The summed E-state index contributed by atoms with van der Waals surface area (Å²) in [5.41, 5.74) is 1.62. The molecule has 55 heavy (non-hydrogen) atoms. The van der Waals surface area contributed by atoms with E-state index in [1.54, 1.807) is 27.0 Å². The molecule has 1 saturated carbocycles. The SMILES string of the molecule is C=CC[C@@H]1/C=C(\C)CC(C)CC(C)[C@H]2O[C@@](O)(C(=O)C(=O)N3CCCC[C@H]3C(=O)OC(/C(C)=C/[C@@H]3CCC(O)[C@H](OC)C3)C(C)[C@@H](O)CC1=O)[C@H](C)C[C@@H]2O. The van der Waals surface area contributed by atoms with Gasteiger partial charge in [-0.1, -0.05) is 51.5 Å². The molecule has 3 aliphatic heterocycles. The van der Waals surface area contributed by atoms with Crippen molar-refractivity contribution in [1.29, 1.82) is 0 Å². The lowest BCUT2D eigenvalue weighted by Crippen LogP contribution is -2.63. The number of aliphatic hydroxyl groups excluding tert-OH is 3. The van der Waals surface area contributed by atoms with Crippen molar-refractivity contribution in [1.82, 2.24) is 4.90 Å². The number of fused-ring (bicyclic) bond motifs is 3. The molecule has 310 valence electrons. The van der Waals surface area contributed by atoms with Crippen LogP contribution in [0.4, 0.5) is 0 Å². The Labute approximate surface area is 327 Å². The van der Waals surface area contributed by atoms with Gasteiger partial charge in [0.1, 0.15) is 17.9 Å². The number of allylic oxidation sites excluding steroid dienone is 4. The van der Waals surface area contributed by atoms with Gasteiger partial charge in [-0.25, -0.2) is 4.79 Å². The summed E-state index contributed by atoms with van der Waals surface area (Å²) in [4.78, 5) is 57.3. The Morgan fingerprint density at radius 2 is 1.69 bits per heavy atom. The highest BCUT2D eigenvalue weighted by Gasteiger charge is 2.55. The number of aliphatic hydroxyl groups is 4. The molecule has 0 radical (unpaired) electrons. The smallest absolute Gasteiger partial charge is 0.329 e. The van der Waals surface area contributed by atoms with Crippen molar-refractivity contribution < 1.29 is 53.8 Å². The molecule has 4 rings (SSSR count). The van der Waals surface area contributed by atoms with Gasteiger partial charge in [0.15, 0.2) is 0 Å². The average molecular weight is 774 g/mol. The molecule has 3 heterocycles. The van der Waals surface area contributed by atoms with Gasteiger partial charge in [-0.15, -0.1) is 6.58 Å². The Hall–Kier alpha value is -2.74. The zero-order valence-electron chi connectivity index (χ0n) is 34.0. The van der Waals surface area contributed by atoms with Gasteiger partial charge >= 0.3 is 5.97 Å². The molecule has 5 unspecified atom stereocenters. The van der Waals surface area contributed by atoms with Gasteiger partial charge in [-0.2, -0.15) is 0 Å².